The normalized spacial score (nSPS) is 9.67. The van der Waals surface area contributed by atoms with Gasteiger partial charge in [-0.25, -0.2) is 4.98 Å². The third-order valence-corrected chi connectivity index (χ3v) is 1.32. The molecule has 0 aliphatic rings. The molecule has 1 aromatic rings. The van der Waals surface area contributed by atoms with Crippen LogP contribution in [0.2, 0.25) is 0 Å². The van der Waals surface area contributed by atoms with Crippen LogP contribution in [0.4, 0.5) is 0 Å². The van der Waals surface area contributed by atoms with E-state index in [-0.39, 0.29) is 0 Å². The number of hydrogen-bond acceptors (Lipinski definition) is 3. The van der Waals surface area contributed by atoms with Crippen molar-refractivity contribution in [2.24, 2.45) is 0 Å². The van der Waals surface area contributed by atoms with Crippen LogP contribution in [0.1, 0.15) is 5.56 Å². The third kappa shape index (κ3) is 2.10. The first kappa shape index (κ1) is 8.28. The maximum Gasteiger partial charge on any atom is 0.212 e. The number of ether oxygens (including phenoxy) is 1. The van der Waals surface area contributed by atoms with E-state index < -0.39 is 0 Å². The minimum absolute atomic E-state index is 0.573. The lowest BCUT2D eigenvalue weighted by molar-refractivity contribution is 0.398. The predicted molar refractivity (Wildman–Crippen MR) is 45.4 cm³/mol. The molecule has 0 bridgehead atoms. The Bertz CT molecular complexity index is 308. The maximum atomic E-state index is 8.25. The fraction of sp³-hybridized carbons (Fsp3) is 0.111. The molecule has 0 spiro atoms. The Morgan fingerprint density at radius 2 is 2.42 bits per heavy atom. The van der Waals surface area contributed by atoms with Crippen LogP contribution >= 0.6 is 0 Å². The van der Waals surface area contributed by atoms with Gasteiger partial charge in [-0.2, -0.15) is 5.26 Å². The van der Waals surface area contributed by atoms with Gasteiger partial charge in [0.15, 0.2) is 0 Å². The van der Waals surface area contributed by atoms with E-state index >= 15 is 0 Å². The van der Waals surface area contributed by atoms with Crippen molar-refractivity contribution in [3.8, 4) is 11.9 Å². The third-order valence-electron chi connectivity index (χ3n) is 1.32. The summed E-state index contributed by atoms with van der Waals surface area (Å²) in [7, 11) is 1.56. The summed E-state index contributed by atoms with van der Waals surface area (Å²) in [4.78, 5) is 3.97. The van der Waals surface area contributed by atoms with E-state index in [0.29, 0.717) is 5.88 Å². The molecule has 1 aromatic heterocycles. The highest BCUT2D eigenvalue weighted by Gasteiger charge is 1.90. The highest BCUT2D eigenvalue weighted by molar-refractivity contribution is 5.50. The number of aromatic nitrogens is 1. The number of pyridine rings is 1. The standard InChI is InChI=1S/C9H8N2O/c1-12-9-5-4-8(7-11-9)3-2-6-10/h2-5,7H,1H3/b3-2-. The van der Waals surface area contributed by atoms with E-state index in [9.17, 15) is 0 Å². The minimum atomic E-state index is 0.573. The van der Waals surface area contributed by atoms with Gasteiger partial charge in [0, 0.05) is 18.3 Å². The van der Waals surface area contributed by atoms with Crippen LogP contribution in [0.3, 0.4) is 0 Å². The van der Waals surface area contributed by atoms with Crippen molar-refractivity contribution in [1.29, 1.82) is 5.26 Å². The summed E-state index contributed by atoms with van der Waals surface area (Å²) in [6, 6.07) is 5.49. The van der Waals surface area contributed by atoms with Gasteiger partial charge >= 0.3 is 0 Å². The lowest BCUT2D eigenvalue weighted by Gasteiger charge is -1.96. The maximum absolute atomic E-state index is 8.25. The Hall–Kier alpha value is -1.82. The Morgan fingerprint density at radius 3 is 2.92 bits per heavy atom. The minimum Gasteiger partial charge on any atom is -0.481 e. The number of nitriles is 1. The number of methoxy groups -OCH3 is 1. The number of rotatable bonds is 2. The van der Waals surface area contributed by atoms with Crippen molar-refractivity contribution < 1.29 is 4.74 Å². The lowest BCUT2D eigenvalue weighted by Crippen LogP contribution is -1.85. The van der Waals surface area contributed by atoms with Gasteiger partial charge < -0.3 is 4.74 Å². The molecule has 1 heterocycles. The molecule has 3 heteroatoms. The molecule has 0 saturated heterocycles. The molecule has 1 rings (SSSR count). The van der Waals surface area contributed by atoms with E-state index in [1.54, 1.807) is 25.4 Å². The fourth-order valence-corrected chi connectivity index (χ4v) is 0.745. The van der Waals surface area contributed by atoms with Crippen molar-refractivity contribution in [3.05, 3.63) is 30.0 Å². The van der Waals surface area contributed by atoms with Crippen molar-refractivity contribution in [1.82, 2.24) is 4.98 Å². The van der Waals surface area contributed by atoms with Crippen molar-refractivity contribution in [3.63, 3.8) is 0 Å². The lowest BCUT2D eigenvalue weighted by atomic mass is 10.2. The van der Waals surface area contributed by atoms with Gasteiger partial charge in [0.05, 0.1) is 13.2 Å². The topological polar surface area (TPSA) is 45.9 Å². The van der Waals surface area contributed by atoms with Gasteiger partial charge in [0.2, 0.25) is 5.88 Å². The molecule has 0 radical (unpaired) electrons. The SMILES string of the molecule is COc1ccc(/C=C\C#N)cn1. The highest BCUT2D eigenvalue weighted by Crippen LogP contribution is 2.07. The first-order valence-corrected chi connectivity index (χ1v) is 3.43. The Labute approximate surface area is 70.9 Å². The molecule has 0 aliphatic carbocycles. The summed E-state index contributed by atoms with van der Waals surface area (Å²) in [5.41, 5.74) is 0.886. The summed E-state index contributed by atoms with van der Waals surface area (Å²) in [6.45, 7) is 0. The van der Waals surface area contributed by atoms with Crippen molar-refractivity contribution in [2.75, 3.05) is 7.11 Å². The smallest absolute Gasteiger partial charge is 0.212 e. The summed E-state index contributed by atoms with van der Waals surface area (Å²) in [6.07, 6.45) is 4.74. The highest BCUT2D eigenvalue weighted by atomic mass is 16.5. The van der Waals surface area contributed by atoms with Crippen LogP contribution in [0.25, 0.3) is 6.08 Å². The van der Waals surface area contributed by atoms with Gasteiger partial charge in [-0.1, -0.05) is 0 Å². The molecular formula is C9H8N2O. The van der Waals surface area contributed by atoms with Crippen LogP contribution in [0.15, 0.2) is 24.4 Å². The van der Waals surface area contributed by atoms with Crippen LogP contribution in [0.5, 0.6) is 5.88 Å². The molecule has 0 amide bonds. The average Bonchev–Trinajstić information content (AvgIpc) is 2.15. The Kier molecular flexibility index (Phi) is 2.86. The largest absolute Gasteiger partial charge is 0.481 e. The zero-order valence-corrected chi connectivity index (χ0v) is 6.69. The second-order valence-corrected chi connectivity index (χ2v) is 2.10. The molecule has 60 valence electrons. The van der Waals surface area contributed by atoms with Gasteiger partial charge in [0.25, 0.3) is 0 Å². The Morgan fingerprint density at radius 1 is 1.58 bits per heavy atom. The fourth-order valence-electron chi connectivity index (χ4n) is 0.745. The molecule has 0 aromatic carbocycles. The van der Waals surface area contributed by atoms with Crippen LogP contribution in [0, 0.1) is 11.3 Å². The van der Waals surface area contributed by atoms with Crippen LogP contribution in [-0.4, -0.2) is 12.1 Å². The molecule has 0 unspecified atom stereocenters. The molecule has 3 nitrogen and oxygen atoms in total. The van der Waals surface area contributed by atoms with Crippen molar-refractivity contribution >= 4 is 6.08 Å². The molecule has 0 atom stereocenters. The summed E-state index contributed by atoms with van der Waals surface area (Å²) in [5.74, 6) is 0.573. The Balaban J connectivity index is 2.79. The molecule has 0 saturated carbocycles. The van der Waals surface area contributed by atoms with E-state index in [2.05, 4.69) is 4.98 Å². The van der Waals surface area contributed by atoms with E-state index in [4.69, 9.17) is 10.00 Å². The van der Waals surface area contributed by atoms with Gasteiger partial charge in [-0.05, 0) is 17.7 Å². The molecule has 0 fully saturated rings. The monoisotopic (exact) mass is 160 g/mol. The zero-order chi connectivity index (χ0) is 8.81. The van der Waals surface area contributed by atoms with E-state index in [1.807, 2.05) is 12.1 Å². The molecular weight excluding hydrogens is 152 g/mol. The van der Waals surface area contributed by atoms with Crippen molar-refractivity contribution in [2.45, 2.75) is 0 Å². The van der Waals surface area contributed by atoms with Crippen LogP contribution in [-0.2, 0) is 0 Å². The molecule has 0 aliphatic heterocycles. The molecule has 12 heavy (non-hydrogen) atoms. The number of nitrogens with zero attached hydrogens (tertiary/aromatic N) is 2. The van der Waals surface area contributed by atoms with E-state index in [0.717, 1.165) is 5.56 Å². The summed E-state index contributed by atoms with van der Waals surface area (Å²) in [5, 5.41) is 8.25. The molecule has 0 N–H and O–H groups in total. The zero-order valence-electron chi connectivity index (χ0n) is 6.69. The predicted octanol–water partition coefficient (Wildman–Crippen LogP) is 1.63. The van der Waals surface area contributed by atoms with Gasteiger partial charge in [-0.15, -0.1) is 0 Å². The van der Waals surface area contributed by atoms with Crippen LogP contribution < -0.4 is 4.74 Å². The van der Waals surface area contributed by atoms with E-state index in [1.165, 1.54) is 6.08 Å². The quantitative estimate of drug-likeness (QED) is 0.617. The van der Waals surface area contributed by atoms with Gasteiger partial charge in [-0.3, -0.25) is 0 Å². The average molecular weight is 160 g/mol. The second kappa shape index (κ2) is 4.14. The second-order valence-electron chi connectivity index (χ2n) is 2.10. The van der Waals surface area contributed by atoms with Gasteiger partial charge in [0.1, 0.15) is 0 Å². The first-order valence-electron chi connectivity index (χ1n) is 3.43. The summed E-state index contributed by atoms with van der Waals surface area (Å²) < 4.78 is 4.87. The first-order chi connectivity index (χ1) is 5.86. The summed E-state index contributed by atoms with van der Waals surface area (Å²) >= 11 is 0. The number of allylic oxidation sites excluding steroid dienone is 1. The number of hydrogen-bond donors (Lipinski definition) is 0.